The molecule has 7 nitrogen and oxygen atoms in total. The van der Waals surface area contributed by atoms with E-state index in [2.05, 4.69) is 10.3 Å². The summed E-state index contributed by atoms with van der Waals surface area (Å²) in [7, 11) is 0. The highest BCUT2D eigenvalue weighted by Gasteiger charge is 2.15. The Balaban J connectivity index is 1.48. The third kappa shape index (κ3) is 3.68. The molecule has 0 unspecified atom stereocenters. The number of fused-ring (bicyclic) bond motifs is 2. The van der Waals surface area contributed by atoms with Gasteiger partial charge < -0.3 is 14.8 Å². The van der Waals surface area contributed by atoms with E-state index < -0.39 is 0 Å². The van der Waals surface area contributed by atoms with Gasteiger partial charge in [0.25, 0.3) is 5.56 Å². The molecule has 2 heterocycles. The van der Waals surface area contributed by atoms with Crippen molar-refractivity contribution in [3.63, 3.8) is 0 Å². The second kappa shape index (κ2) is 7.93. The van der Waals surface area contributed by atoms with Crippen LogP contribution < -0.4 is 20.3 Å². The van der Waals surface area contributed by atoms with Crippen molar-refractivity contribution in [2.24, 2.45) is 0 Å². The van der Waals surface area contributed by atoms with Gasteiger partial charge in [0.05, 0.1) is 16.7 Å². The van der Waals surface area contributed by atoms with Crippen molar-refractivity contribution >= 4 is 34.3 Å². The average molecular weight is 397 g/mol. The highest BCUT2D eigenvalue weighted by molar-refractivity contribution is 7.99. The van der Waals surface area contributed by atoms with Crippen LogP contribution in [-0.2, 0) is 11.3 Å². The van der Waals surface area contributed by atoms with Crippen molar-refractivity contribution in [1.29, 1.82) is 0 Å². The summed E-state index contributed by atoms with van der Waals surface area (Å²) >= 11 is 1.24. The SMILES string of the molecule is CCn1c(SCC(=O)Nc2ccc3c(c2)OCCO3)nc2ccccc2c1=O. The van der Waals surface area contributed by atoms with Crippen LogP contribution in [0.1, 0.15) is 6.92 Å². The van der Waals surface area contributed by atoms with Crippen LogP contribution in [0.2, 0.25) is 0 Å². The molecule has 0 spiro atoms. The summed E-state index contributed by atoms with van der Waals surface area (Å²) in [5.41, 5.74) is 1.17. The highest BCUT2D eigenvalue weighted by atomic mass is 32.2. The maximum absolute atomic E-state index is 12.6. The quantitative estimate of drug-likeness (QED) is 0.527. The first kappa shape index (κ1) is 18.4. The van der Waals surface area contributed by atoms with Gasteiger partial charge in [-0.25, -0.2) is 4.98 Å². The topological polar surface area (TPSA) is 82.5 Å². The van der Waals surface area contributed by atoms with E-state index in [0.717, 1.165) is 0 Å². The molecule has 1 amide bonds. The van der Waals surface area contributed by atoms with Gasteiger partial charge in [-0.2, -0.15) is 0 Å². The first-order chi connectivity index (χ1) is 13.7. The zero-order chi connectivity index (χ0) is 19.5. The number of amides is 1. The number of rotatable bonds is 5. The zero-order valence-corrected chi connectivity index (χ0v) is 16.1. The van der Waals surface area contributed by atoms with Gasteiger partial charge in [-0.1, -0.05) is 23.9 Å². The number of nitrogens with one attached hydrogen (secondary N) is 1. The first-order valence-corrected chi connectivity index (χ1v) is 9.96. The Kier molecular flexibility index (Phi) is 5.21. The molecule has 2 aromatic carbocycles. The highest BCUT2D eigenvalue weighted by Crippen LogP contribution is 2.32. The molecular weight excluding hydrogens is 378 g/mol. The van der Waals surface area contributed by atoms with Crippen molar-refractivity contribution in [2.45, 2.75) is 18.6 Å². The maximum Gasteiger partial charge on any atom is 0.262 e. The third-order valence-corrected chi connectivity index (χ3v) is 5.28. The molecular formula is C20H19N3O4S. The van der Waals surface area contributed by atoms with E-state index in [9.17, 15) is 9.59 Å². The second-order valence-electron chi connectivity index (χ2n) is 6.16. The molecule has 1 aliphatic rings. The summed E-state index contributed by atoms with van der Waals surface area (Å²) in [6.07, 6.45) is 0. The minimum absolute atomic E-state index is 0.0946. The zero-order valence-electron chi connectivity index (χ0n) is 15.3. The maximum atomic E-state index is 12.6. The number of hydrogen-bond acceptors (Lipinski definition) is 6. The molecule has 28 heavy (non-hydrogen) atoms. The van der Waals surface area contributed by atoms with E-state index in [1.807, 2.05) is 19.1 Å². The molecule has 0 atom stereocenters. The number of ether oxygens (including phenoxy) is 2. The Labute approximate surface area is 165 Å². The minimum atomic E-state index is -0.188. The van der Waals surface area contributed by atoms with Crippen LogP contribution in [0, 0.1) is 0 Å². The third-order valence-electron chi connectivity index (χ3n) is 4.30. The van der Waals surface area contributed by atoms with Crippen molar-refractivity contribution in [1.82, 2.24) is 9.55 Å². The van der Waals surface area contributed by atoms with Crippen LogP contribution >= 0.6 is 11.8 Å². The lowest BCUT2D eigenvalue weighted by Gasteiger charge is -2.19. The van der Waals surface area contributed by atoms with E-state index in [-0.39, 0.29) is 17.2 Å². The fourth-order valence-electron chi connectivity index (χ4n) is 2.98. The van der Waals surface area contributed by atoms with Crippen molar-refractivity contribution in [3.8, 4) is 11.5 Å². The van der Waals surface area contributed by atoms with Crippen molar-refractivity contribution < 1.29 is 14.3 Å². The summed E-state index contributed by atoms with van der Waals surface area (Å²) in [6, 6.07) is 12.5. The van der Waals surface area contributed by atoms with Gasteiger partial charge in [-0.05, 0) is 31.2 Å². The minimum Gasteiger partial charge on any atom is -0.486 e. The Morgan fingerprint density at radius 1 is 1.18 bits per heavy atom. The summed E-state index contributed by atoms with van der Waals surface area (Å²) in [4.78, 5) is 29.6. The molecule has 1 aliphatic heterocycles. The van der Waals surface area contributed by atoms with Gasteiger partial charge in [0.15, 0.2) is 16.7 Å². The Bertz CT molecular complexity index is 1100. The summed E-state index contributed by atoms with van der Waals surface area (Å²) in [5, 5.41) is 3.95. The van der Waals surface area contributed by atoms with Gasteiger partial charge in [-0.15, -0.1) is 0 Å². The van der Waals surface area contributed by atoms with Gasteiger partial charge in [-0.3, -0.25) is 14.2 Å². The van der Waals surface area contributed by atoms with E-state index in [4.69, 9.17) is 9.47 Å². The van der Waals surface area contributed by atoms with Crippen LogP contribution in [0.4, 0.5) is 5.69 Å². The number of nitrogens with zero attached hydrogens (tertiary/aromatic N) is 2. The van der Waals surface area contributed by atoms with Crippen molar-refractivity contribution in [3.05, 3.63) is 52.8 Å². The molecule has 0 fully saturated rings. The van der Waals surface area contributed by atoms with Gasteiger partial charge >= 0.3 is 0 Å². The second-order valence-corrected chi connectivity index (χ2v) is 7.10. The molecule has 8 heteroatoms. The predicted octanol–water partition coefficient (Wildman–Crippen LogP) is 2.92. The number of carbonyl (C=O) groups is 1. The lowest BCUT2D eigenvalue weighted by Crippen LogP contribution is -2.23. The molecule has 0 saturated carbocycles. The predicted molar refractivity (Wildman–Crippen MR) is 108 cm³/mol. The van der Waals surface area contributed by atoms with E-state index in [1.54, 1.807) is 34.9 Å². The van der Waals surface area contributed by atoms with Crippen LogP contribution in [-0.4, -0.2) is 34.4 Å². The number of aromatic nitrogens is 2. The molecule has 1 N–H and O–H groups in total. The molecule has 144 valence electrons. The standard InChI is InChI=1S/C20H19N3O4S/c1-2-23-19(25)14-5-3-4-6-15(14)22-20(23)28-12-18(24)21-13-7-8-16-17(11-13)27-10-9-26-16/h3-8,11H,2,9-10,12H2,1H3,(H,21,24). The molecule has 1 aromatic heterocycles. The van der Waals surface area contributed by atoms with E-state index in [1.165, 1.54) is 11.8 Å². The lowest BCUT2D eigenvalue weighted by molar-refractivity contribution is -0.113. The van der Waals surface area contributed by atoms with Gasteiger partial charge in [0.1, 0.15) is 13.2 Å². The summed E-state index contributed by atoms with van der Waals surface area (Å²) in [6.45, 7) is 3.38. The summed E-state index contributed by atoms with van der Waals surface area (Å²) < 4.78 is 12.6. The average Bonchev–Trinajstić information content (AvgIpc) is 2.72. The van der Waals surface area contributed by atoms with E-state index >= 15 is 0 Å². The number of benzene rings is 2. The number of anilines is 1. The molecule has 0 aliphatic carbocycles. The monoisotopic (exact) mass is 397 g/mol. The van der Waals surface area contributed by atoms with Crippen LogP contribution in [0.5, 0.6) is 11.5 Å². The van der Waals surface area contributed by atoms with Crippen LogP contribution in [0.3, 0.4) is 0 Å². The molecule has 3 aromatic rings. The fraction of sp³-hybridized carbons (Fsp3) is 0.250. The number of carbonyl (C=O) groups excluding carboxylic acids is 1. The Morgan fingerprint density at radius 2 is 1.96 bits per heavy atom. The Morgan fingerprint density at radius 3 is 2.79 bits per heavy atom. The first-order valence-electron chi connectivity index (χ1n) is 8.97. The normalized spacial score (nSPS) is 12.8. The molecule has 0 bridgehead atoms. The van der Waals surface area contributed by atoms with E-state index in [0.29, 0.717) is 53.0 Å². The van der Waals surface area contributed by atoms with Crippen molar-refractivity contribution in [2.75, 3.05) is 24.3 Å². The largest absolute Gasteiger partial charge is 0.486 e. The molecule has 4 rings (SSSR count). The smallest absolute Gasteiger partial charge is 0.262 e. The summed E-state index contributed by atoms with van der Waals surface area (Å²) in [5.74, 6) is 1.24. The number of thioether (sulfide) groups is 1. The molecule has 0 saturated heterocycles. The number of para-hydroxylation sites is 1. The fourth-order valence-corrected chi connectivity index (χ4v) is 3.85. The van der Waals surface area contributed by atoms with Gasteiger partial charge in [0, 0.05) is 18.3 Å². The van der Waals surface area contributed by atoms with Crippen LogP contribution in [0.25, 0.3) is 10.9 Å². The van der Waals surface area contributed by atoms with Crippen LogP contribution in [0.15, 0.2) is 52.4 Å². The van der Waals surface area contributed by atoms with Gasteiger partial charge in [0.2, 0.25) is 5.91 Å². The lowest BCUT2D eigenvalue weighted by atomic mass is 10.2. The Hall–Kier alpha value is -3.00. The number of hydrogen-bond donors (Lipinski definition) is 1. The molecule has 0 radical (unpaired) electrons.